The molecule has 0 bridgehead atoms. The van der Waals surface area contributed by atoms with Gasteiger partial charge in [0.15, 0.2) is 5.96 Å². The fourth-order valence-electron chi connectivity index (χ4n) is 4.95. The summed E-state index contributed by atoms with van der Waals surface area (Å²) >= 11 is 0. The third-order valence-corrected chi connectivity index (χ3v) is 6.32. The standard InChI is InChI=1S/C18H30F3N3O/c1-17(2)14(13-8-5-9-25-15(13)17)24-16(22-3)23-12-7-4-6-11(10-12)18(19,20)21/h11-15H,4-10H2,1-3H3,(H2,22,23,24). The van der Waals surface area contributed by atoms with E-state index in [9.17, 15) is 13.2 Å². The Labute approximate surface area is 148 Å². The van der Waals surface area contributed by atoms with E-state index in [1.807, 2.05) is 0 Å². The molecule has 7 heteroatoms. The van der Waals surface area contributed by atoms with Gasteiger partial charge in [-0.05, 0) is 32.1 Å². The summed E-state index contributed by atoms with van der Waals surface area (Å²) in [6, 6.07) is 0.0687. The number of hydrogen-bond donors (Lipinski definition) is 2. The predicted molar refractivity (Wildman–Crippen MR) is 91.5 cm³/mol. The molecule has 2 aliphatic carbocycles. The van der Waals surface area contributed by atoms with Crippen molar-refractivity contribution >= 4 is 5.96 Å². The van der Waals surface area contributed by atoms with Crippen LogP contribution in [-0.2, 0) is 4.74 Å². The lowest BCUT2D eigenvalue weighted by Crippen LogP contribution is -2.71. The average Bonchev–Trinajstić information content (AvgIpc) is 2.58. The van der Waals surface area contributed by atoms with Crippen LogP contribution in [0.4, 0.5) is 13.2 Å². The summed E-state index contributed by atoms with van der Waals surface area (Å²) in [6.07, 6.45) is 0.0986. The average molecular weight is 361 g/mol. The minimum absolute atomic E-state index is 0.00375. The minimum atomic E-state index is -4.10. The smallest absolute Gasteiger partial charge is 0.377 e. The van der Waals surface area contributed by atoms with Gasteiger partial charge in [0.2, 0.25) is 0 Å². The maximum Gasteiger partial charge on any atom is 0.391 e. The lowest BCUT2D eigenvalue weighted by Gasteiger charge is -2.60. The first kappa shape index (κ1) is 18.8. The zero-order valence-corrected chi connectivity index (χ0v) is 15.3. The van der Waals surface area contributed by atoms with E-state index in [-0.39, 0.29) is 36.4 Å². The van der Waals surface area contributed by atoms with Crippen LogP contribution >= 0.6 is 0 Å². The Hall–Kier alpha value is -0.980. The Kier molecular flexibility index (Phi) is 5.24. The molecule has 0 spiro atoms. The van der Waals surface area contributed by atoms with E-state index in [1.54, 1.807) is 7.05 Å². The van der Waals surface area contributed by atoms with Crippen molar-refractivity contribution < 1.29 is 17.9 Å². The third-order valence-electron chi connectivity index (χ3n) is 6.32. The molecule has 2 N–H and O–H groups in total. The molecule has 3 fully saturated rings. The highest BCUT2D eigenvalue weighted by Crippen LogP contribution is 2.51. The Bertz CT molecular complexity index is 506. The normalized spacial score (nSPS) is 38.5. The molecule has 25 heavy (non-hydrogen) atoms. The first-order chi connectivity index (χ1) is 11.7. The molecule has 144 valence electrons. The molecule has 0 aromatic rings. The largest absolute Gasteiger partial charge is 0.391 e. The van der Waals surface area contributed by atoms with Crippen molar-refractivity contribution in [1.82, 2.24) is 10.6 Å². The lowest BCUT2D eigenvalue weighted by molar-refractivity contribution is -0.188. The van der Waals surface area contributed by atoms with Crippen molar-refractivity contribution in [2.75, 3.05) is 13.7 Å². The molecule has 3 rings (SSSR count). The van der Waals surface area contributed by atoms with Crippen molar-refractivity contribution in [2.24, 2.45) is 22.2 Å². The summed E-state index contributed by atoms with van der Waals surface area (Å²) in [6.45, 7) is 5.20. The van der Waals surface area contributed by atoms with Crippen LogP contribution in [0.25, 0.3) is 0 Å². The van der Waals surface area contributed by atoms with Crippen molar-refractivity contribution in [3.05, 3.63) is 0 Å². The van der Waals surface area contributed by atoms with E-state index in [0.717, 1.165) is 25.9 Å². The number of halogens is 3. The van der Waals surface area contributed by atoms with E-state index >= 15 is 0 Å². The summed E-state index contributed by atoms with van der Waals surface area (Å²) in [7, 11) is 1.68. The van der Waals surface area contributed by atoms with Gasteiger partial charge in [-0.25, -0.2) is 0 Å². The molecule has 2 saturated carbocycles. The first-order valence-corrected chi connectivity index (χ1v) is 9.41. The van der Waals surface area contributed by atoms with Gasteiger partial charge in [-0.2, -0.15) is 13.2 Å². The van der Waals surface area contributed by atoms with Gasteiger partial charge >= 0.3 is 6.18 Å². The van der Waals surface area contributed by atoms with Crippen LogP contribution in [0.15, 0.2) is 4.99 Å². The molecule has 1 saturated heterocycles. The summed E-state index contributed by atoms with van der Waals surface area (Å²) < 4.78 is 44.9. The Morgan fingerprint density at radius 2 is 1.88 bits per heavy atom. The number of hydrogen-bond acceptors (Lipinski definition) is 2. The van der Waals surface area contributed by atoms with Crippen LogP contribution < -0.4 is 10.6 Å². The van der Waals surface area contributed by atoms with E-state index in [4.69, 9.17) is 4.74 Å². The van der Waals surface area contributed by atoms with Gasteiger partial charge in [0.1, 0.15) is 0 Å². The fraction of sp³-hybridized carbons (Fsp3) is 0.944. The molecular formula is C18H30F3N3O. The number of alkyl halides is 3. The molecular weight excluding hydrogens is 331 g/mol. The monoisotopic (exact) mass is 361 g/mol. The van der Waals surface area contributed by atoms with Crippen LogP contribution in [0.5, 0.6) is 0 Å². The minimum Gasteiger partial charge on any atom is -0.377 e. The van der Waals surface area contributed by atoms with E-state index in [2.05, 4.69) is 29.5 Å². The SMILES string of the molecule is CN=C(NC1CCCC(C(F)(F)F)C1)NC1C2CCCOC2C1(C)C. The first-order valence-electron chi connectivity index (χ1n) is 9.41. The van der Waals surface area contributed by atoms with Gasteiger partial charge < -0.3 is 15.4 Å². The number of aliphatic imine (C=N–C) groups is 1. The molecule has 0 amide bonds. The molecule has 5 unspecified atom stereocenters. The number of nitrogens with one attached hydrogen (secondary N) is 2. The third kappa shape index (κ3) is 3.76. The summed E-state index contributed by atoms with van der Waals surface area (Å²) in [5.41, 5.74) is 0.00375. The second kappa shape index (κ2) is 6.97. The van der Waals surface area contributed by atoms with Crippen LogP contribution in [0, 0.1) is 17.3 Å². The maximum atomic E-state index is 13.0. The highest BCUT2D eigenvalue weighted by atomic mass is 19.4. The second-order valence-corrected chi connectivity index (χ2v) is 8.36. The Balaban J connectivity index is 1.58. The van der Waals surface area contributed by atoms with E-state index in [1.165, 1.54) is 0 Å². The molecule has 5 atom stereocenters. The van der Waals surface area contributed by atoms with Crippen molar-refractivity contribution in [2.45, 2.75) is 76.7 Å². The molecule has 0 aromatic carbocycles. The molecule has 3 aliphatic rings. The summed E-state index contributed by atoms with van der Waals surface area (Å²) in [5, 5.41) is 6.71. The predicted octanol–water partition coefficient (Wildman–Crippen LogP) is 3.48. The molecule has 1 aliphatic heterocycles. The zero-order chi connectivity index (χ0) is 18.2. The highest BCUT2D eigenvalue weighted by Gasteiger charge is 2.58. The fourth-order valence-corrected chi connectivity index (χ4v) is 4.95. The van der Waals surface area contributed by atoms with E-state index < -0.39 is 12.1 Å². The van der Waals surface area contributed by atoms with E-state index in [0.29, 0.717) is 18.3 Å². The van der Waals surface area contributed by atoms with Gasteiger partial charge in [0.05, 0.1) is 12.0 Å². The van der Waals surface area contributed by atoms with Crippen LogP contribution in [-0.4, -0.2) is 44.0 Å². The van der Waals surface area contributed by atoms with Crippen molar-refractivity contribution in [3.63, 3.8) is 0 Å². The second-order valence-electron chi connectivity index (χ2n) is 8.36. The number of guanidine groups is 1. The highest BCUT2D eigenvalue weighted by molar-refractivity contribution is 5.80. The van der Waals surface area contributed by atoms with Crippen LogP contribution in [0.3, 0.4) is 0 Å². The molecule has 0 aromatic heterocycles. The molecule has 0 radical (unpaired) electrons. The van der Waals surface area contributed by atoms with Gasteiger partial charge in [-0.1, -0.05) is 20.3 Å². The summed E-state index contributed by atoms with van der Waals surface area (Å²) in [5.74, 6) is -0.125. The van der Waals surface area contributed by atoms with Gasteiger partial charge in [-0.3, -0.25) is 4.99 Å². The van der Waals surface area contributed by atoms with Crippen LogP contribution in [0.2, 0.25) is 0 Å². The Morgan fingerprint density at radius 3 is 2.56 bits per heavy atom. The lowest BCUT2D eigenvalue weighted by atomic mass is 9.55. The van der Waals surface area contributed by atoms with Gasteiger partial charge in [0, 0.05) is 37.1 Å². The quantitative estimate of drug-likeness (QED) is 0.585. The molecule has 4 nitrogen and oxygen atoms in total. The maximum absolute atomic E-state index is 13.0. The van der Waals surface area contributed by atoms with Gasteiger partial charge in [-0.15, -0.1) is 0 Å². The number of nitrogens with zero attached hydrogens (tertiary/aromatic N) is 1. The van der Waals surface area contributed by atoms with Crippen molar-refractivity contribution in [3.8, 4) is 0 Å². The van der Waals surface area contributed by atoms with Crippen LogP contribution in [0.1, 0.15) is 52.4 Å². The van der Waals surface area contributed by atoms with Crippen molar-refractivity contribution in [1.29, 1.82) is 0 Å². The molecule has 1 heterocycles. The number of fused-ring (bicyclic) bond motifs is 1. The number of ether oxygens (including phenoxy) is 1. The number of rotatable bonds is 2. The summed E-state index contributed by atoms with van der Waals surface area (Å²) in [4.78, 5) is 4.27. The zero-order valence-electron chi connectivity index (χ0n) is 15.3. The van der Waals surface area contributed by atoms with Gasteiger partial charge in [0.25, 0.3) is 0 Å². The Morgan fingerprint density at radius 1 is 1.12 bits per heavy atom. The topological polar surface area (TPSA) is 45.7 Å².